The number of para-hydroxylation sites is 1. The SMILES string of the molecule is CC(C)NS(=O)(=O)c1ccccc1NCC(O)C(N)=O. The van der Waals surface area contributed by atoms with Crippen molar-refractivity contribution in [2.45, 2.75) is 30.9 Å². The molecule has 0 saturated carbocycles. The Morgan fingerprint density at radius 3 is 2.50 bits per heavy atom. The number of aliphatic hydroxyl groups is 1. The van der Waals surface area contributed by atoms with Gasteiger partial charge in [-0.3, -0.25) is 4.79 Å². The highest BCUT2D eigenvalue weighted by molar-refractivity contribution is 7.89. The Balaban J connectivity index is 2.97. The molecule has 1 atom stereocenters. The first-order chi connectivity index (χ1) is 9.24. The van der Waals surface area contributed by atoms with Gasteiger partial charge in [0.25, 0.3) is 0 Å². The third kappa shape index (κ3) is 4.48. The maximum atomic E-state index is 12.1. The van der Waals surface area contributed by atoms with Gasteiger partial charge in [0.15, 0.2) is 0 Å². The van der Waals surface area contributed by atoms with Gasteiger partial charge in [-0.15, -0.1) is 0 Å². The first-order valence-corrected chi connectivity index (χ1v) is 7.55. The number of hydrogen-bond acceptors (Lipinski definition) is 5. The third-order valence-electron chi connectivity index (χ3n) is 2.38. The van der Waals surface area contributed by atoms with Gasteiger partial charge >= 0.3 is 0 Å². The molecule has 8 heteroatoms. The lowest BCUT2D eigenvalue weighted by Gasteiger charge is -2.15. The van der Waals surface area contributed by atoms with E-state index in [-0.39, 0.29) is 17.5 Å². The van der Waals surface area contributed by atoms with E-state index in [1.165, 1.54) is 6.07 Å². The number of anilines is 1. The van der Waals surface area contributed by atoms with Crippen molar-refractivity contribution in [2.24, 2.45) is 5.73 Å². The molecule has 0 heterocycles. The number of benzene rings is 1. The minimum atomic E-state index is -3.67. The molecule has 5 N–H and O–H groups in total. The second-order valence-electron chi connectivity index (χ2n) is 4.57. The molecule has 1 amide bonds. The molecule has 20 heavy (non-hydrogen) atoms. The third-order valence-corrected chi connectivity index (χ3v) is 4.10. The van der Waals surface area contributed by atoms with Crippen LogP contribution in [-0.4, -0.2) is 38.1 Å². The van der Waals surface area contributed by atoms with Crippen molar-refractivity contribution in [1.29, 1.82) is 0 Å². The van der Waals surface area contributed by atoms with Crippen molar-refractivity contribution in [3.8, 4) is 0 Å². The van der Waals surface area contributed by atoms with E-state index in [1.54, 1.807) is 32.0 Å². The normalized spacial score (nSPS) is 13.2. The summed E-state index contributed by atoms with van der Waals surface area (Å²) in [6.07, 6.45) is -1.39. The van der Waals surface area contributed by atoms with E-state index in [9.17, 15) is 18.3 Å². The fraction of sp³-hybridized carbons (Fsp3) is 0.417. The van der Waals surface area contributed by atoms with Gasteiger partial charge < -0.3 is 16.2 Å². The molecular formula is C12H19N3O4S. The molecule has 0 bridgehead atoms. The van der Waals surface area contributed by atoms with Crippen molar-refractivity contribution in [2.75, 3.05) is 11.9 Å². The van der Waals surface area contributed by atoms with Gasteiger partial charge in [-0.1, -0.05) is 12.1 Å². The fourth-order valence-corrected chi connectivity index (χ4v) is 2.96. The van der Waals surface area contributed by atoms with E-state index >= 15 is 0 Å². The summed E-state index contributed by atoms with van der Waals surface area (Å²) in [4.78, 5) is 10.8. The van der Waals surface area contributed by atoms with Crippen LogP contribution in [0.1, 0.15) is 13.8 Å². The van der Waals surface area contributed by atoms with E-state index in [1.807, 2.05) is 0 Å². The molecule has 1 aromatic carbocycles. The summed E-state index contributed by atoms with van der Waals surface area (Å²) in [6.45, 7) is 3.26. The van der Waals surface area contributed by atoms with Gasteiger partial charge in [-0.05, 0) is 26.0 Å². The van der Waals surface area contributed by atoms with Crippen molar-refractivity contribution in [1.82, 2.24) is 4.72 Å². The smallest absolute Gasteiger partial charge is 0.248 e. The van der Waals surface area contributed by atoms with Crippen LogP contribution < -0.4 is 15.8 Å². The maximum absolute atomic E-state index is 12.1. The Bertz CT molecular complexity index is 572. The largest absolute Gasteiger partial charge is 0.381 e. The molecular weight excluding hydrogens is 282 g/mol. The van der Waals surface area contributed by atoms with Gasteiger partial charge in [0.05, 0.1) is 5.69 Å². The van der Waals surface area contributed by atoms with Crippen LogP contribution in [0.3, 0.4) is 0 Å². The number of rotatable bonds is 7. The average Bonchev–Trinajstić information content (AvgIpc) is 2.34. The highest BCUT2D eigenvalue weighted by Crippen LogP contribution is 2.20. The van der Waals surface area contributed by atoms with Crippen LogP contribution in [0.15, 0.2) is 29.2 Å². The number of amides is 1. The van der Waals surface area contributed by atoms with Gasteiger partial charge in [0.1, 0.15) is 11.0 Å². The van der Waals surface area contributed by atoms with Gasteiger partial charge in [-0.25, -0.2) is 13.1 Å². The Morgan fingerprint density at radius 2 is 1.95 bits per heavy atom. The molecule has 7 nitrogen and oxygen atoms in total. The molecule has 1 unspecified atom stereocenters. The molecule has 0 fully saturated rings. The summed E-state index contributed by atoms with van der Waals surface area (Å²) in [7, 11) is -3.67. The van der Waals surface area contributed by atoms with Crippen LogP contribution >= 0.6 is 0 Å². The number of carbonyl (C=O) groups is 1. The van der Waals surface area contributed by atoms with Crippen molar-refractivity contribution in [3.63, 3.8) is 0 Å². The summed E-state index contributed by atoms with van der Waals surface area (Å²) in [5.74, 6) is -0.877. The van der Waals surface area contributed by atoms with E-state index in [0.29, 0.717) is 5.69 Å². The molecule has 1 aromatic rings. The Hall–Kier alpha value is -1.64. The number of carbonyl (C=O) groups excluding carboxylic acids is 1. The van der Waals surface area contributed by atoms with Crippen LogP contribution in [0.4, 0.5) is 5.69 Å². The number of sulfonamides is 1. The van der Waals surface area contributed by atoms with E-state index in [2.05, 4.69) is 10.0 Å². The minimum absolute atomic E-state index is 0.0466. The zero-order chi connectivity index (χ0) is 15.3. The average molecular weight is 301 g/mol. The van der Waals surface area contributed by atoms with E-state index < -0.39 is 22.0 Å². The molecule has 0 aliphatic carbocycles. The highest BCUT2D eigenvalue weighted by atomic mass is 32.2. The maximum Gasteiger partial charge on any atom is 0.248 e. The quantitative estimate of drug-likeness (QED) is 0.547. The number of nitrogens with two attached hydrogens (primary N) is 1. The monoisotopic (exact) mass is 301 g/mol. The summed E-state index contributed by atoms with van der Waals surface area (Å²) >= 11 is 0. The number of aliphatic hydroxyl groups excluding tert-OH is 1. The Kier molecular flexibility index (Phi) is 5.49. The van der Waals surface area contributed by atoms with Crippen LogP contribution in [0.25, 0.3) is 0 Å². The predicted molar refractivity (Wildman–Crippen MR) is 75.6 cm³/mol. The van der Waals surface area contributed by atoms with Crippen LogP contribution in [0, 0.1) is 0 Å². The van der Waals surface area contributed by atoms with Crippen LogP contribution in [0.5, 0.6) is 0 Å². The molecule has 0 spiro atoms. The number of primary amides is 1. The summed E-state index contributed by atoms with van der Waals surface area (Å²) < 4.78 is 26.7. The fourth-order valence-electron chi connectivity index (χ4n) is 1.53. The zero-order valence-electron chi connectivity index (χ0n) is 11.3. The predicted octanol–water partition coefficient (Wildman–Crippen LogP) is -0.369. The molecule has 0 radical (unpaired) electrons. The first kappa shape index (κ1) is 16.4. The summed E-state index contributed by atoms with van der Waals surface area (Å²) in [5.41, 5.74) is 5.22. The van der Waals surface area contributed by atoms with Gasteiger partial charge in [0.2, 0.25) is 15.9 Å². The summed E-state index contributed by atoms with van der Waals surface area (Å²) in [5, 5.41) is 12.0. The highest BCUT2D eigenvalue weighted by Gasteiger charge is 2.20. The summed E-state index contributed by atoms with van der Waals surface area (Å²) in [6, 6.07) is 5.97. The van der Waals surface area contributed by atoms with Gasteiger partial charge in [-0.2, -0.15) is 0 Å². The second kappa shape index (κ2) is 6.69. The number of nitrogens with one attached hydrogen (secondary N) is 2. The molecule has 0 aliphatic rings. The molecule has 0 aliphatic heterocycles. The zero-order valence-corrected chi connectivity index (χ0v) is 12.1. The molecule has 0 saturated heterocycles. The Labute approximate surface area is 118 Å². The number of hydrogen-bond donors (Lipinski definition) is 4. The van der Waals surface area contributed by atoms with Gasteiger partial charge in [0, 0.05) is 12.6 Å². The molecule has 112 valence electrons. The lowest BCUT2D eigenvalue weighted by atomic mass is 10.3. The lowest BCUT2D eigenvalue weighted by molar-refractivity contribution is -0.125. The topological polar surface area (TPSA) is 122 Å². The lowest BCUT2D eigenvalue weighted by Crippen LogP contribution is -2.35. The van der Waals surface area contributed by atoms with Crippen molar-refractivity contribution < 1.29 is 18.3 Å². The Morgan fingerprint density at radius 1 is 1.35 bits per heavy atom. The standard InChI is InChI=1S/C12H19N3O4S/c1-8(2)15-20(18,19)11-6-4-3-5-9(11)14-7-10(16)12(13)17/h3-6,8,10,14-16H,7H2,1-2H3,(H2,13,17). The van der Waals surface area contributed by atoms with E-state index in [4.69, 9.17) is 5.73 Å². The molecule has 0 aromatic heterocycles. The second-order valence-corrected chi connectivity index (χ2v) is 6.25. The molecule has 1 rings (SSSR count). The van der Waals surface area contributed by atoms with Crippen molar-refractivity contribution in [3.05, 3.63) is 24.3 Å². The van der Waals surface area contributed by atoms with E-state index in [0.717, 1.165) is 0 Å². The van der Waals surface area contributed by atoms with Crippen LogP contribution in [-0.2, 0) is 14.8 Å². The van der Waals surface area contributed by atoms with Crippen molar-refractivity contribution >= 4 is 21.6 Å². The van der Waals surface area contributed by atoms with Crippen LogP contribution in [0.2, 0.25) is 0 Å². The first-order valence-electron chi connectivity index (χ1n) is 6.06. The minimum Gasteiger partial charge on any atom is -0.381 e.